The van der Waals surface area contributed by atoms with Gasteiger partial charge in [0.2, 0.25) is 5.91 Å². The van der Waals surface area contributed by atoms with Crippen molar-refractivity contribution in [1.29, 1.82) is 0 Å². The van der Waals surface area contributed by atoms with Gasteiger partial charge in [-0.05, 0) is 44.9 Å². The molecule has 0 aliphatic rings. The van der Waals surface area contributed by atoms with Crippen LogP contribution in [0.1, 0.15) is 373 Å². The largest absolute Gasteiger partial charge is 0.394 e. The van der Waals surface area contributed by atoms with Crippen molar-refractivity contribution >= 4 is 5.91 Å². The molecule has 4 heteroatoms. The second kappa shape index (κ2) is 63.9. The van der Waals surface area contributed by atoms with Crippen LogP contribution in [0.5, 0.6) is 0 Å². The lowest BCUT2D eigenvalue weighted by Crippen LogP contribution is -2.45. The Balaban J connectivity index is 3.44. The zero-order valence-corrected chi connectivity index (χ0v) is 49.2. The van der Waals surface area contributed by atoms with Crippen LogP contribution in [0, 0.1) is 0 Å². The van der Waals surface area contributed by atoms with E-state index in [1.54, 1.807) is 6.08 Å². The molecule has 0 saturated carbocycles. The van der Waals surface area contributed by atoms with Gasteiger partial charge in [0.05, 0.1) is 18.8 Å². The van der Waals surface area contributed by atoms with Gasteiger partial charge in [-0.3, -0.25) is 4.79 Å². The first kappa shape index (κ1) is 70.6. The minimum atomic E-state index is -0.870. The summed E-state index contributed by atoms with van der Waals surface area (Å²) in [7, 11) is 0. The van der Waals surface area contributed by atoms with E-state index in [1.807, 2.05) is 6.08 Å². The van der Waals surface area contributed by atoms with E-state index in [-0.39, 0.29) is 12.5 Å². The first-order valence-corrected chi connectivity index (χ1v) is 33.2. The highest BCUT2D eigenvalue weighted by Gasteiger charge is 2.18. The zero-order valence-electron chi connectivity index (χ0n) is 49.2. The normalized spacial score (nSPS) is 12.9. The van der Waals surface area contributed by atoms with Crippen molar-refractivity contribution in [2.24, 2.45) is 0 Å². The van der Waals surface area contributed by atoms with E-state index < -0.39 is 12.1 Å². The Labute approximate surface area is 452 Å². The number of carbonyl (C=O) groups is 1. The molecule has 72 heavy (non-hydrogen) atoms. The molecule has 2 atom stereocenters. The van der Waals surface area contributed by atoms with Crippen molar-refractivity contribution in [3.63, 3.8) is 0 Å². The Morgan fingerprint density at radius 1 is 0.319 bits per heavy atom. The van der Waals surface area contributed by atoms with Crippen LogP contribution in [-0.4, -0.2) is 34.9 Å². The Hall–Kier alpha value is -1.39. The molecule has 0 spiro atoms. The fourth-order valence-electron chi connectivity index (χ4n) is 10.6. The van der Waals surface area contributed by atoms with Crippen LogP contribution in [0.15, 0.2) is 36.5 Å². The van der Waals surface area contributed by atoms with Crippen LogP contribution in [0.25, 0.3) is 0 Å². The molecular weight excluding hydrogens is 879 g/mol. The number of allylic oxidation sites excluding steroid dienone is 5. The smallest absolute Gasteiger partial charge is 0.220 e. The van der Waals surface area contributed by atoms with E-state index in [4.69, 9.17) is 0 Å². The topological polar surface area (TPSA) is 69.6 Å². The number of carbonyl (C=O) groups excluding carboxylic acids is 1. The van der Waals surface area contributed by atoms with Gasteiger partial charge in [0.25, 0.3) is 0 Å². The SMILES string of the molecule is CCCCCCCCCCCCCCCC/C=C/CC/C=C/CC/C=C/C(O)C(CO)NC(=O)CCCCCCCCCCCCCCCCCCCCCCCCCCCCCCCCCCCCCC. The molecule has 3 N–H and O–H groups in total. The van der Waals surface area contributed by atoms with Crippen molar-refractivity contribution in [2.45, 2.75) is 386 Å². The summed E-state index contributed by atoms with van der Waals surface area (Å²) in [6.45, 7) is 4.34. The second-order valence-corrected chi connectivity index (χ2v) is 22.9. The van der Waals surface area contributed by atoms with Gasteiger partial charge in [-0.1, -0.05) is 359 Å². The van der Waals surface area contributed by atoms with Crippen LogP contribution in [-0.2, 0) is 4.79 Å². The van der Waals surface area contributed by atoms with Gasteiger partial charge >= 0.3 is 0 Å². The molecule has 1 amide bonds. The molecule has 0 aromatic heterocycles. The molecule has 426 valence electrons. The summed E-state index contributed by atoms with van der Waals surface area (Å²) in [5, 5.41) is 23.2. The van der Waals surface area contributed by atoms with E-state index in [0.29, 0.717) is 6.42 Å². The maximum atomic E-state index is 12.5. The summed E-state index contributed by atoms with van der Waals surface area (Å²) < 4.78 is 0. The van der Waals surface area contributed by atoms with E-state index in [0.717, 1.165) is 38.5 Å². The van der Waals surface area contributed by atoms with Crippen LogP contribution >= 0.6 is 0 Å². The summed E-state index contributed by atoms with van der Waals surface area (Å²) in [5.41, 5.74) is 0. The Morgan fingerprint density at radius 2 is 0.542 bits per heavy atom. The average Bonchev–Trinajstić information content (AvgIpc) is 3.39. The van der Waals surface area contributed by atoms with E-state index in [9.17, 15) is 15.0 Å². The summed E-state index contributed by atoms with van der Waals surface area (Å²) in [5.74, 6) is -0.0701. The van der Waals surface area contributed by atoms with Crippen molar-refractivity contribution in [3.8, 4) is 0 Å². The molecule has 4 nitrogen and oxygen atoms in total. The molecule has 0 rings (SSSR count). The third kappa shape index (κ3) is 59.5. The molecule has 2 unspecified atom stereocenters. The number of nitrogens with one attached hydrogen (secondary N) is 1. The predicted molar refractivity (Wildman–Crippen MR) is 322 cm³/mol. The summed E-state index contributed by atoms with van der Waals surface area (Å²) >= 11 is 0. The van der Waals surface area contributed by atoms with Gasteiger partial charge in [-0.25, -0.2) is 0 Å². The van der Waals surface area contributed by atoms with Crippen molar-refractivity contribution in [2.75, 3.05) is 6.61 Å². The fraction of sp³-hybridized carbons (Fsp3) is 0.897. The molecule has 0 radical (unpaired) electrons. The van der Waals surface area contributed by atoms with E-state index in [1.165, 1.54) is 315 Å². The molecule has 0 aromatic carbocycles. The highest BCUT2D eigenvalue weighted by Crippen LogP contribution is 2.19. The van der Waals surface area contributed by atoms with E-state index >= 15 is 0 Å². The fourth-order valence-corrected chi connectivity index (χ4v) is 10.6. The van der Waals surface area contributed by atoms with Gasteiger partial charge in [-0.15, -0.1) is 0 Å². The number of aliphatic hydroxyl groups is 2. The highest BCUT2D eigenvalue weighted by atomic mass is 16.3. The zero-order chi connectivity index (χ0) is 52.0. The number of aliphatic hydroxyl groups excluding tert-OH is 2. The van der Waals surface area contributed by atoms with Gasteiger partial charge in [-0.2, -0.15) is 0 Å². The van der Waals surface area contributed by atoms with Crippen LogP contribution < -0.4 is 5.32 Å². The molecule has 0 aliphatic carbocycles. The lowest BCUT2D eigenvalue weighted by Gasteiger charge is -2.19. The summed E-state index contributed by atoms with van der Waals surface area (Å²) in [4.78, 5) is 12.5. The molecule has 0 aromatic rings. The van der Waals surface area contributed by atoms with Gasteiger partial charge in [0.1, 0.15) is 0 Å². The lowest BCUT2D eigenvalue weighted by atomic mass is 10.0. The molecule has 0 aliphatic heterocycles. The maximum absolute atomic E-state index is 12.5. The second-order valence-electron chi connectivity index (χ2n) is 22.9. The number of unbranched alkanes of at least 4 members (excludes halogenated alkanes) is 51. The third-order valence-electron chi connectivity index (χ3n) is 15.6. The Kier molecular flexibility index (Phi) is 62.7. The number of amides is 1. The highest BCUT2D eigenvalue weighted by molar-refractivity contribution is 5.76. The summed E-state index contributed by atoms with van der Waals surface area (Å²) in [6, 6.07) is -0.645. The van der Waals surface area contributed by atoms with Crippen molar-refractivity contribution < 1.29 is 15.0 Å². The Morgan fingerprint density at radius 3 is 0.806 bits per heavy atom. The average molecular weight is 1010 g/mol. The lowest BCUT2D eigenvalue weighted by molar-refractivity contribution is -0.123. The van der Waals surface area contributed by atoms with Crippen molar-refractivity contribution in [3.05, 3.63) is 36.5 Å². The number of hydrogen-bond donors (Lipinski definition) is 3. The molecule has 0 saturated heterocycles. The van der Waals surface area contributed by atoms with Gasteiger partial charge in [0.15, 0.2) is 0 Å². The number of hydrogen-bond acceptors (Lipinski definition) is 3. The van der Waals surface area contributed by atoms with Crippen LogP contribution in [0.2, 0.25) is 0 Å². The van der Waals surface area contributed by atoms with Gasteiger partial charge < -0.3 is 15.5 Å². The van der Waals surface area contributed by atoms with Gasteiger partial charge in [0, 0.05) is 6.42 Å². The molecule has 0 heterocycles. The molecular formula is C68H131NO3. The van der Waals surface area contributed by atoms with E-state index in [2.05, 4.69) is 43.5 Å². The minimum Gasteiger partial charge on any atom is -0.394 e. The van der Waals surface area contributed by atoms with Crippen LogP contribution in [0.3, 0.4) is 0 Å². The third-order valence-corrected chi connectivity index (χ3v) is 15.6. The predicted octanol–water partition coefficient (Wildman–Crippen LogP) is 22.4. The first-order valence-electron chi connectivity index (χ1n) is 33.2. The van der Waals surface area contributed by atoms with Crippen LogP contribution in [0.4, 0.5) is 0 Å². The molecule has 0 bridgehead atoms. The standard InChI is InChI=1S/C68H131NO3/c1-3-5-7-9-11-13-15-17-19-21-23-25-27-29-30-31-32-33-34-35-36-37-38-39-40-42-44-46-48-50-52-54-56-58-60-62-64-68(72)69-66(65-70)67(71)63-61-59-57-55-53-51-49-47-45-43-41-28-26-24-22-20-18-16-14-12-10-8-6-4-2/h45,47,53,55,61,63,66-67,70-71H,3-44,46,48-52,54,56-60,62,64-65H2,1-2H3,(H,69,72)/b47-45+,55-53+,63-61+. The maximum Gasteiger partial charge on any atom is 0.220 e. The monoisotopic (exact) mass is 1010 g/mol. The van der Waals surface area contributed by atoms with Crippen molar-refractivity contribution in [1.82, 2.24) is 5.32 Å². The Bertz CT molecular complexity index is 1100. The first-order chi connectivity index (χ1) is 35.7. The number of rotatable bonds is 62. The molecule has 0 fully saturated rings. The minimum absolute atomic E-state index is 0.0701. The quantitative estimate of drug-likeness (QED) is 0.0420. The summed E-state index contributed by atoms with van der Waals surface area (Å²) in [6.07, 6.45) is 88.0.